The molecule has 1 aromatic carbocycles. The lowest BCUT2D eigenvalue weighted by molar-refractivity contribution is -0.137. The molecule has 0 saturated carbocycles. The molecule has 0 aromatic heterocycles. The third-order valence-corrected chi connectivity index (χ3v) is 3.43. The average molecular weight is 321 g/mol. The molecule has 0 unspecified atom stereocenters. The number of hydrogen-bond acceptors (Lipinski definition) is 3. The molecule has 0 bridgehead atoms. The van der Waals surface area contributed by atoms with Crippen molar-refractivity contribution in [3.63, 3.8) is 0 Å². The maximum absolute atomic E-state index is 11.5. The number of ether oxygens (including phenoxy) is 1. The first-order chi connectivity index (χ1) is 10.8. The van der Waals surface area contributed by atoms with E-state index in [1.807, 2.05) is 12.1 Å². The van der Waals surface area contributed by atoms with E-state index in [1.165, 1.54) is 5.56 Å². The third-order valence-electron chi connectivity index (χ3n) is 3.43. The van der Waals surface area contributed by atoms with Gasteiger partial charge in [-0.25, -0.2) is 0 Å². The van der Waals surface area contributed by atoms with Crippen LogP contribution in [0.4, 0.5) is 0 Å². The normalized spacial score (nSPS) is 11.1. The maximum Gasteiger partial charge on any atom is 0.303 e. The van der Waals surface area contributed by atoms with Gasteiger partial charge in [0, 0.05) is 19.4 Å². The highest BCUT2D eigenvalue weighted by Crippen LogP contribution is 2.24. The van der Waals surface area contributed by atoms with Crippen LogP contribution in [0.1, 0.15) is 52.0 Å². The lowest BCUT2D eigenvalue weighted by Gasteiger charge is -2.19. The number of carbonyl (C=O) groups excluding carboxylic acids is 1. The summed E-state index contributed by atoms with van der Waals surface area (Å²) in [5.74, 6) is -0.105. The SMILES string of the molecule is CC(C)(C)c1ccc(OCCCC(=O)NCCCC(=O)O)cc1. The molecule has 1 aromatic rings. The van der Waals surface area contributed by atoms with E-state index in [0.717, 1.165) is 5.75 Å². The van der Waals surface area contributed by atoms with Gasteiger partial charge >= 0.3 is 5.97 Å². The number of rotatable bonds is 9. The molecule has 0 heterocycles. The quantitative estimate of drug-likeness (QED) is 0.685. The molecule has 0 aliphatic carbocycles. The Morgan fingerprint density at radius 3 is 2.30 bits per heavy atom. The van der Waals surface area contributed by atoms with Gasteiger partial charge in [0.2, 0.25) is 5.91 Å². The van der Waals surface area contributed by atoms with Gasteiger partial charge in [0.25, 0.3) is 0 Å². The highest BCUT2D eigenvalue weighted by molar-refractivity contribution is 5.75. The minimum atomic E-state index is -0.842. The lowest BCUT2D eigenvalue weighted by Crippen LogP contribution is -2.25. The van der Waals surface area contributed by atoms with Crippen molar-refractivity contribution in [1.29, 1.82) is 0 Å². The largest absolute Gasteiger partial charge is 0.494 e. The summed E-state index contributed by atoms with van der Waals surface area (Å²) >= 11 is 0. The Morgan fingerprint density at radius 1 is 1.09 bits per heavy atom. The smallest absolute Gasteiger partial charge is 0.303 e. The van der Waals surface area contributed by atoms with Gasteiger partial charge in [-0.3, -0.25) is 9.59 Å². The molecule has 5 heteroatoms. The third kappa shape index (κ3) is 8.24. The summed E-state index contributed by atoms with van der Waals surface area (Å²) in [5, 5.41) is 11.2. The fraction of sp³-hybridized carbons (Fsp3) is 0.556. The van der Waals surface area contributed by atoms with Gasteiger partial charge in [-0.15, -0.1) is 0 Å². The highest BCUT2D eigenvalue weighted by Gasteiger charge is 2.12. The van der Waals surface area contributed by atoms with Crippen molar-refractivity contribution in [2.75, 3.05) is 13.2 Å². The number of hydrogen-bond donors (Lipinski definition) is 2. The van der Waals surface area contributed by atoms with Gasteiger partial charge in [-0.1, -0.05) is 32.9 Å². The predicted octanol–water partition coefficient (Wildman–Crippen LogP) is 3.12. The number of benzene rings is 1. The Kier molecular flexibility index (Phi) is 7.59. The van der Waals surface area contributed by atoms with Crippen LogP contribution in [0, 0.1) is 0 Å². The Labute approximate surface area is 138 Å². The number of carbonyl (C=O) groups is 2. The van der Waals surface area contributed by atoms with E-state index in [2.05, 4.69) is 38.2 Å². The summed E-state index contributed by atoms with van der Waals surface area (Å²) in [7, 11) is 0. The molecule has 0 atom stereocenters. The topological polar surface area (TPSA) is 75.6 Å². The molecule has 128 valence electrons. The molecule has 2 N–H and O–H groups in total. The lowest BCUT2D eigenvalue weighted by atomic mass is 9.87. The van der Waals surface area contributed by atoms with Gasteiger partial charge < -0.3 is 15.2 Å². The summed E-state index contributed by atoms with van der Waals surface area (Å²) in [6, 6.07) is 8.02. The van der Waals surface area contributed by atoms with Crippen molar-refractivity contribution in [2.24, 2.45) is 0 Å². The first-order valence-corrected chi connectivity index (χ1v) is 8.01. The fourth-order valence-electron chi connectivity index (χ4n) is 2.03. The summed E-state index contributed by atoms with van der Waals surface area (Å²) in [5.41, 5.74) is 1.38. The van der Waals surface area contributed by atoms with Crippen LogP contribution >= 0.6 is 0 Å². The zero-order valence-corrected chi connectivity index (χ0v) is 14.2. The van der Waals surface area contributed by atoms with E-state index in [1.54, 1.807) is 0 Å². The van der Waals surface area contributed by atoms with E-state index in [9.17, 15) is 9.59 Å². The summed E-state index contributed by atoms with van der Waals surface area (Å²) in [4.78, 5) is 21.9. The number of aliphatic carboxylic acids is 1. The van der Waals surface area contributed by atoms with Crippen LogP contribution < -0.4 is 10.1 Å². The van der Waals surface area contributed by atoms with Gasteiger partial charge in [0.05, 0.1) is 6.61 Å². The Balaban J connectivity index is 2.17. The molecule has 0 radical (unpaired) electrons. The van der Waals surface area contributed by atoms with E-state index in [-0.39, 0.29) is 17.7 Å². The molecule has 0 fully saturated rings. The van der Waals surface area contributed by atoms with E-state index >= 15 is 0 Å². The minimum Gasteiger partial charge on any atom is -0.494 e. The van der Waals surface area contributed by atoms with Crippen LogP contribution in [0.5, 0.6) is 5.75 Å². The van der Waals surface area contributed by atoms with Gasteiger partial charge in [0.15, 0.2) is 0 Å². The van der Waals surface area contributed by atoms with Crippen molar-refractivity contribution in [1.82, 2.24) is 5.32 Å². The van der Waals surface area contributed by atoms with Crippen LogP contribution in [0.2, 0.25) is 0 Å². The molecule has 5 nitrogen and oxygen atoms in total. The molecular weight excluding hydrogens is 294 g/mol. The second kappa shape index (κ2) is 9.18. The molecule has 0 aliphatic heterocycles. The summed E-state index contributed by atoms with van der Waals surface area (Å²) in [6.45, 7) is 7.38. The van der Waals surface area contributed by atoms with E-state index in [0.29, 0.717) is 32.4 Å². The number of amides is 1. The molecule has 1 rings (SSSR count). The minimum absolute atomic E-state index is 0.0675. The second-order valence-electron chi connectivity index (χ2n) is 6.57. The molecular formula is C18H27NO4. The second-order valence-corrected chi connectivity index (χ2v) is 6.57. The van der Waals surface area contributed by atoms with Crippen LogP contribution in [0.15, 0.2) is 24.3 Å². The van der Waals surface area contributed by atoms with Crippen molar-refractivity contribution in [2.45, 2.75) is 51.9 Å². The fourth-order valence-corrected chi connectivity index (χ4v) is 2.03. The van der Waals surface area contributed by atoms with Crippen LogP contribution in [-0.2, 0) is 15.0 Å². The van der Waals surface area contributed by atoms with Crippen LogP contribution in [-0.4, -0.2) is 30.1 Å². The Morgan fingerprint density at radius 2 is 1.74 bits per heavy atom. The number of nitrogens with one attached hydrogen (secondary N) is 1. The average Bonchev–Trinajstić information content (AvgIpc) is 2.47. The van der Waals surface area contributed by atoms with Crippen molar-refractivity contribution in [3.05, 3.63) is 29.8 Å². The van der Waals surface area contributed by atoms with Crippen LogP contribution in [0.3, 0.4) is 0 Å². The van der Waals surface area contributed by atoms with Gasteiger partial charge in [0.1, 0.15) is 5.75 Å². The Hall–Kier alpha value is -2.04. The van der Waals surface area contributed by atoms with Crippen LogP contribution in [0.25, 0.3) is 0 Å². The number of carboxylic acid groups (broad SMARTS) is 1. The van der Waals surface area contributed by atoms with Crippen molar-refractivity contribution in [3.8, 4) is 5.75 Å². The Bertz CT molecular complexity index is 503. The van der Waals surface area contributed by atoms with Crippen molar-refractivity contribution < 1.29 is 19.4 Å². The molecule has 0 saturated heterocycles. The first-order valence-electron chi connectivity index (χ1n) is 8.01. The summed E-state index contributed by atoms with van der Waals surface area (Å²) < 4.78 is 5.62. The zero-order valence-electron chi connectivity index (χ0n) is 14.2. The maximum atomic E-state index is 11.5. The van der Waals surface area contributed by atoms with Crippen molar-refractivity contribution >= 4 is 11.9 Å². The molecule has 23 heavy (non-hydrogen) atoms. The first kappa shape index (κ1) is 19.0. The monoisotopic (exact) mass is 321 g/mol. The predicted molar refractivity (Wildman–Crippen MR) is 89.8 cm³/mol. The summed E-state index contributed by atoms with van der Waals surface area (Å²) in [6.07, 6.45) is 1.55. The standard InChI is InChI=1S/C18H27NO4/c1-18(2,3)14-8-10-15(11-9-14)23-13-5-6-16(20)19-12-4-7-17(21)22/h8-11H,4-7,12-13H2,1-3H3,(H,19,20)(H,21,22). The highest BCUT2D eigenvalue weighted by atomic mass is 16.5. The van der Waals surface area contributed by atoms with E-state index < -0.39 is 5.97 Å². The van der Waals surface area contributed by atoms with Gasteiger partial charge in [-0.2, -0.15) is 0 Å². The van der Waals surface area contributed by atoms with Gasteiger partial charge in [-0.05, 0) is 36.0 Å². The number of carboxylic acids is 1. The molecule has 0 spiro atoms. The molecule has 1 amide bonds. The molecule has 0 aliphatic rings. The zero-order chi connectivity index (χ0) is 17.3. The van der Waals surface area contributed by atoms with E-state index in [4.69, 9.17) is 9.84 Å².